The number of hydrogen-bond donors (Lipinski definition) is 1. The summed E-state index contributed by atoms with van der Waals surface area (Å²) in [7, 11) is 6.06. The van der Waals surface area contributed by atoms with E-state index in [0.29, 0.717) is 0 Å². The van der Waals surface area contributed by atoms with E-state index < -0.39 is 0 Å². The molecule has 1 heterocycles. The molecule has 4 nitrogen and oxygen atoms in total. The smallest absolute Gasteiger partial charge is 0.198 e. The first-order chi connectivity index (χ1) is 11.7. The lowest BCUT2D eigenvalue weighted by atomic mass is 10.1. The highest BCUT2D eigenvalue weighted by atomic mass is 15.3. The van der Waals surface area contributed by atoms with Crippen LogP contribution in [0.3, 0.4) is 0 Å². The summed E-state index contributed by atoms with van der Waals surface area (Å²) in [6, 6.07) is 17.2. The Balaban J connectivity index is 1.72. The van der Waals surface area contributed by atoms with E-state index >= 15 is 0 Å². The van der Waals surface area contributed by atoms with Crippen molar-refractivity contribution in [3.05, 3.63) is 65.2 Å². The number of aliphatic imine (C=N–C) groups is 1. The van der Waals surface area contributed by atoms with Crippen molar-refractivity contribution in [2.45, 2.75) is 19.5 Å². The van der Waals surface area contributed by atoms with E-state index in [1.54, 1.807) is 0 Å². The molecule has 0 fully saturated rings. The van der Waals surface area contributed by atoms with Gasteiger partial charge in [-0.3, -0.25) is 4.99 Å². The predicted octanol–water partition coefficient (Wildman–Crippen LogP) is 2.89. The van der Waals surface area contributed by atoms with Gasteiger partial charge in [-0.2, -0.15) is 0 Å². The van der Waals surface area contributed by atoms with Crippen LogP contribution in [0.1, 0.15) is 16.7 Å². The predicted molar refractivity (Wildman–Crippen MR) is 102 cm³/mol. The number of nitrogens with one attached hydrogen (secondary N) is 1. The summed E-state index contributed by atoms with van der Waals surface area (Å²) in [6.07, 6.45) is 1.08. The van der Waals surface area contributed by atoms with Crippen LogP contribution in [0, 0.1) is 0 Å². The molecule has 3 rings (SSSR count). The van der Waals surface area contributed by atoms with E-state index in [4.69, 9.17) is 0 Å². The van der Waals surface area contributed by atoms with E-state index in [2.05, 4.69) is 82.7 Å². The number of benzene rings is 2. The molecule has 0 aromatic heterocycles. The van der Waals surface area contributed by atoms with Gasteiger partial charge in [-0.1, -0.05) is 42.5 Å². The van der Waals surface area contributed by atoms with Gasteiger partial charge in [0, 0.05) is 32.4 Å². The second kappa shape index (κ2) is 7.49. The molecule has 24 heavy (non-hydrogen) atoms. The molecule has 0 atom stereocenters. The van der Waals surface area contributed by atoms with E-state index in [1.807, 2.05) is 7.05 Å². The highest BCUT2D eigenvalue weighted by Crippen LogP contribution is 2.27. The molecule has 4 heteroatoms. The summed E-state index contributed by atoms with van der Waals surface area (Å²) in [6.45, 7) is 2.72. The van der Waals surface area contributed by atoms with Crippen LogP contribution in [0.4, 0.5) is 5.69 Å². The molecule has 0 radical (unpaired) electrons. The Kier molecular flexibility index (Phi) is 5.16. The molecule has 126 valence electrons. The Morgan fingerprint density at radius 3 is 2.54 bits per heavy atom. The van der Waals surface area contributed by atoms with Crippen molar-refractivity contribution in [3.8, 4) is 0 Å². The highest BCUT2D eigenvalue weighted by Gasteiger charge is 2.22. The van der Waals surface area contributed by atoms with Crippen molar-refractivity contribution in [1.82, 2.24) is 10.2 Å². The molecule has 0 unspecified atom stereocenters. The lowest BCUT2D eigenvalue weighted by Crippen LogP contribution is -2.40. The van der Waals surface area contributed by atoms with Crippen molar-refractivity contribution in [2.24, 2.45) is 4.99 Å². The normalized spacial score (nSPS) is 14.2. The van der Waals surface area contributed by atoms with Crippen LogP contribution in [0.5, 0.6) is 0 Å². The molecule has 0 aliphatic carbocycles. The van der Waals surface area contributed by atoms with Gasteiger partial charge in [-0.15, -0.1) is 0 Å². The largest absolute Gasteiger partial charge is 0.352 e. The summed E-state index contributed by atoms with van der Waals surface area (Å²) < 4.78 is 0. The third kappa shape index (κ3) is 3.60. The maximum absolute atomic E-state index is 4.50. The van der Waals surface area contributed by atoms with E-state index in [1.165, 1.54) is 22.4 Å². The summed E-state index contributed by atoms with van der Waals surface area (Å²) in [5.41, 5.74) is 5.34. The third-order valence-corrected chi connectivity index (χ3v) is 4.40. The third-order valence-electron chi connectivity index (χ3n) is 4.40. The molecule has 1 aliphatic heterocycles. The van der Waals surface area contributed by atoms with Crippen LogP contribution >= 0.6 is 0 Å². The number of fused-ring (bicyclic) bond motifs is 1. The van der Waals surface area contributed by atoms with Gasteiger partial charge in [-0.05, 0) is 43.3 Å². The molecule has 0 saturated heterocycles. The molecular weight excluding hydrogens is 296 g/mol. The maximum atomic E-state index is 4.50. The molecule has 1 N–H and O–H groups in total. The molecule has 2 aromatic carbocycles. The highest BCUT2D eigenvalue weighted by molar-refractivity contribution is 5.97. The lowest BCUT2D eigenvalue weighted by Gasteiger charge is -2.23. The van der Waals surface area contributed by atoms with Gasteiger partial charge in [0.05, 0.1) is 0 Å². The maximum Gasteiger partial charge on any atom is 0.198 e. The first-order valence-electron chi connectivity index (χ1n) is 8.46. The summed E-state index contributed by atoms with van der Waals surface area (Å²) >= 11 is 0. The van der Waals surface area contributed by atoms with Crippen LogP contribution in [-0.4, -0.2) is 38.5 Å². The van der Waals surface area contributed by atoms with Gasteiger partial charge in [0.2, 0.25) is 0 Å². The van der Waals surface area contributed by atoms with Gasteiger partial charge >= 0.3 is 0 Å². The topological polar surface area (TPSA) is 30.9 Å². The zero-order valence-corrected chi connectivity index (χ0v) is 14.8. The molecular formula is C20H26N4. The Labute approximate surface area is 144 Å². The van der Waals surface area contributed by atoms with E-state index in [-0.39, 0.29) is 0 Å². The Morgan fingerprint density at radius 1 is 1.08 bits per heavy atom. The Morgan fingerprint density at radius 2 is 1.79 bits per heavy atom. The molecule has 0 amide bonds. The van der Waals surface area contributed by atoms with Crippen molar-refractivity contribution in [2.75, 3.05) is 32.6 Å². The standard InChI is InChI=1S/C20H26N4/c1-21-20(24-13-12-16-8-6-7-11-19(16)24)22-14-17-9-4-5-10-18(17)15-23(2)3/h4-11H,12-15H2,1-3H3,(H,21,22). The van der Waals surface area contributed by atoms with Gasteiger partial charge in [-0.25, -0.2) is 0 Å². The number of nitrogens with zero attached hydrogens (tertiary/aromatic N) is 3. The molecule has 2 aromatic rings. The van der Waals surface area contributed by atoms with E-state index in [0.717, 1.165) is 32.0 Å². The van der Waals surface area contributed by atoms with Crippen molar-refractivity contribution >= 4 is 11.6 Å². The van der Waals surface area contributed by atoms with Crippen molar-refractivity contribution in [3.63, 3.8) is 0 Å². The Bertz CT molecular complexity index is 721. The van der Waals surface area contributed by atoms with Crippen LogP contribution in [0.25, 0.3) is 0 Å². The lowest BCUT2D eigenvalue weighted by molar-refractivity contribution is 0.400. The van der Waals surface area contributed by atoms with Crippen molar-refractivity contribution < 1.29 is 0 Å². The van der Waals surface area contributed by atoms with Crippen LogP contribution in [-0.2, 0) is 19.5 Å². The average molecular weight is 322 g/mol. The Hall–Kier alpha value is -2.33. The van der Waals surface area contributed by atoms with Gasteiger partial charge in [0.1, 0.15) is 0 Å². The molecule has 1 aliphatic rings. The SMILES string of the molecule is CN=C(NCc1ccccc1CN(C)C)N1CCc2ccccc21. The number of hydrogen-bond acceptors (Lipinski definition) is 2. The fourth-order valence-electron chi connectivity index (χ4n) is 3.25. The van der Waals surface area contributed by atoms with Crippen LogP contribution in [0.2, 0.25) is 0 Å². The summed E-state index contributed by atoms with van der Waals surface area (Å²) in [5, 5.41) is 3.54. The number of rotatable bonds is 4. The van der Waals surface area contributed by atoms with Crippen molar-refractivity contribution in [1.29, 1.82) is 0 Å². The monoisotopic (exact) mass is 322 g/mol. The number of para-hydroxylation sites is 1. The minimum Gasteiger partial charge on any atom is -0.352 e. The fraction of sp³-hybridized carbons (Fsp3) is 0.350. The fourth-order valence-corrected chi connectivity index (χ4v) is 3.25. The first kappa shape index (κ1) is 16.5. The van der Waals surface area contributed by atoms with Gasteiger partial charge in [0.25, 0.3) is 0 Å². The minimum absolute atomic E-state index is 0.787. The molecule has 0 spiro atoms. The molecule has 0 bridgehead atoms. The van der Waals surface area contributed by atoms with Crippen LogP contribution < -0.4 is 10.2 Å². The quantitative estimate of drug-likeness (QED) is 0.694. The second-order valence-electron chi connectivity index (χ2n) is 6.44. The summed E-state index contributed by atoms with van der Waals surface area (Å²) in [4.78, 5) is 8.98. The number of guanidine groups is 1. The second-order valence-corrected chi connectivity index (χ2v) is 6.44. The minimum atomic E-state index is 0.787. The zero-order valence-electron chi connectivity index (χ0n) is 14.8. The van der Waals surface area contributed by atoms with E-state index in [9.17, 15) is 0 Å². The first-order valence-corrected chi connectivity index (χ1v) is 8.46. The molecule has 0 saturated carbocycles. The zero-order chi connectivity index (χ0) is 16.9. The van der Waals surface area contributed by atoms with Gasteiger partial charge in [0.15, 0.2) is 5.96 Å². The van der Waals surface area contributed by atoms with Crippen LogP contribution in [0.15, 0.2) is 53.5 Å². The average Bonchev–Trinajstić information content (AvgIpc) is 3.01. The summed E-state index contributed by atoms with van der Waals surface area (Å²) in [5.74, 6) is 0.944. The van der Waals surface area contributed by atoms with Gasteiger partial charge < -0.3 is 15.1 Å². The number of anilines is 1.